The van der Waals surface area contributed by atoms with Gasteiger partial charge in [0.2, 0.25) is 0 Å². The van der Waals surface area contributed by atoms with Crippen LogP contribution in [0.5, 0.6) is 0 Å². The highest BCUT2D eigenvalue weighted by molar-refractivity contribution is 6.04. The number of hydrogen-bond donors (Lipinski definition) is 0. The van der Waals surface area contributed by atoms with E-state index in [1.165, 1.54) is 17.2 Å². The molecule has 0 aliphatic heterocycles. The summed E-state index contributed by atoms with van der Waals surface area (Å²) in [5, 5.41) is 7.90. The first kappa shape index (κ1) is 13.7. The van der Waals surface area contributed by atoms with Crippen LogP contribution in [-0.4, -0.2) is 37.9 Å². The van der Waals surface area contributed by atoms with Gasteiger partial charge in [0.15, 0.2) is 0 Å². The molecule has 1 atom stereocenters. The Balaban J connectivity index is 1.90. The maximum atomic E-state index is 13.2. The van der Waals surface area contributed by atoms with Crippen molar-refractivity contribution in [3.8, 4) is 0 Å². The number of nitrogens with zero attached hydrogens (tertiary/aromatic N) is 5. The fourth-order valence-corrected chi connectivity index (χ4v) is 2.33. The molecule has 1 saturated carbocycles. The molecule has 0 aromatic carbocycles. The van der Waals surface area contributed by atoms with E-state index in [2.05, 4.69) is 10.2 Å². The predicted octanol–water partition coefficient (Wildman–Crippen LogP) is 1.86. The maximum Gasteiger partial charge on any atom is 0.276 e. The summed E-state index contributed by atoms with van der Waals surface area (Å²) in [7, 11) is 1.75. The first-order chi connectivity index (χ1) is 9.94. The molecule has 1 aliphatic rings. The minimum absolute atomic E-state index is 0.169. The van der Waals surface area contributed by atoms with Crippen LogP contribution >= 0.6 is 0 Å². The highest BCUT2D eigenvalue weighted by Gasteiger charge is 2.59. The number of anilines is 1. The van der Waals surface area contributed by atoms with E-state index in [1.807, 2.05) is 6.92 Å². The van der Waals surface area contributed by atoms with Crippen LogP contribution in [0.3, 0.4) is 0 Å². The summed E-state index contributed by atoms with van der Waals surface area (Å²) in [6.07, 6.45) is 4.37. The van der Waals surface area contributed by atoms with Gasteiger partial charge in [0.05, 0.1) is 11.9 Å². The summed E-state index contributed by atoms with van der Waals surface area (Å²) in [5.74, 6) is -3.13. The van der Waals surface area contributed by atoms with Crippen molar-refractivity contribution in [1.82, 2.24) is 19.6 Å². The second-order valence-electron chi connectivity index (χ2n) is 5.06. The smallest absolute Gasteiger partial charge is 0.276 e. The monoisotopic (exact) mass is 295 g/mol. The minimum Gasteiger partial charge on any atom is -0.304 e. The zero-order chi connectivity index (χ0) is 15.2. The number of carbonyl (C=O) groups excluding carboxylic acids is 1. The van der Waals surface area contributed by atoms with Gasteiger partial charge in [-0.25, -0.2) is 8.78 Å². The zero-order valence-electron chi connectivity index (χ0n) is 11.7. The van der Waals surface area contributed by atoms with E-state index >= 15 is 0 Å². The first-order valence-corrected chi connectivity index (χ1v) is 6.66. The highest BCUT2D eigenvalue weighted by atomic mass is 19.3. The van der Waals surface area contributed by atoms with E-state index < -0.39 is 12.0 Å². The number of aromatic nitrogens is 4. The number of hydrogen-bond acceptors (Lipinski definition) is 3. The standard InChI is InChI=1S/C13H15F2N5O/c1-3-19(9-7-17-18(2)8-9)12(21)10-4-5-16-20(10)11-6-13(11,14)15/h4-5,7-8,11H,3,6H2,1-2H3. The van der Waals surface area contributed by atoms with E-state index in [0.29, 0.717) is 12.2 Å². The molecule has 1 fully saturated rings. The third-order valence-corrected chi connectivity index (χ3v) is 3.54. The number of halogens is 2. The van der Waals surface area contributed by atoms with Gasteiger partial charge in [-0.15, -0.1) is 0 Å². The van der Waals surface area contributed by atoms with Gasteiger partial charge in [0.25, 0.3) is 11.8 Å². The Labute approximate surface area is 120 Å². The fourth-order valence-electron chi connectivity index (χ4n) is 2.33. The molecule has 2 aromatic rings. The van der Waals surface area contributed by atoms with Crippen molar-refractivity contribution >= 4 is 11.6 Å². The molecule has 0 bridgehead atoms. The van der Waals surface area contributed by atoms with E-state index in [0.717, 1.165) is 4.68 Å². The molecule has 6 nitrogen and oxygen atoms in total. The molecule has 0 spiro atoms. The molecule has 21 heavy (non-hydrogen) atoms. The van der Waals surface area contributed by atoms with Crippen molar-refractivity contribution in [3.63, 3.8) is 0 Å². The van der Waals surface area contributed by atoms with E-state index in [9.17, 15) is 13.6 Å². The summed E-state index contributed by atoms with van der Waals surface area (Å²) in [5.41, 5.74) is 0.795. The number of amides is 1. The van der Waals surface area contributed by atoms with Gasteiger partial charge >= 0.3 is 0 Å². The Morgan fingerprint density at radius 1 is 1.52 bits per heavy atom. The Morgan fingerprint density at radius 2 is 2.24 bits per heavy atom. The summed E-state index contributed by atoms with van der Waals surface area (Å²) < 4.78 is 29.1. The molecule has 112 valence electrons. The second kappa shape index (κ2) is 4.64. The molecular formula is C13H15F2N5O. The van der Waals surface area contributed by atoms with Crippen LogP contribution in [0.2, 0.25) is 0 Å². The Morgan fingerprint density at radius 3 is 2.76 bits per heavy atom. The average Bonchev–Trinajstić information content (AvgIpc) is 2.86. The Hall–Kier alpha value is -2.25. The summed E-state index contributed by atoms with van der Waals surface area (Å²) in [6, 6.07) is 0.453. The minimum atomic E-state index is -2.77. The van der Waals surface area contributed by atoms with Crippen molar-refractivity contribution in [3.05, 3.63) is 30.4 Å². The number of carbonyl (C=O) groups is 1. The van der Waals surface area contributed by atoms with Gasteiger partial charge in [-0.3, -0.25) is 14.2 Å². The second-order valence-corrected chi connectivity index (χ2v) is 5.06. The van der Waals surface area contributed by atoms with Crippen LogP contribution in [0.1, 0.15) is 29.9 Å². The van der Waals surface area contributed by atoms with Crippen LogP contribution in [0, 0.1) is 0 Å². The topological polar surface area (TPSA) is 56.0 Å². The van der Waals surface area contributed by atoms with Gasteiger partial charge in [0, 0.05) is 32.4 Å². The molecule has 1 amide bonds. The molecule has 0 saturated heterocycles. The van der Waals surface area contributed by atoms with Crippen molar-refractivity contribution in [2.24, 2.45) is 7.05 Å². The summed E-state index contributed by atoms with van der Waals surface area (Å²) in [4.78, 5) is 14.1. The molecule has 2 heterocycles. The van der Waals surface area contributed by atoms with E-state index in [1.54, 1.807) is 24.1 Å². The number of alkyl halides is 2. The lowest BCUT2D eigenvalue weighted by Gasteiger charge is -2.19. The lowest BCUT2D eigenvalue weighted by atomic mass is 10.3. The van der Waals surface area contributed by atoms with Gasteiger partial charge in [-0.2, -0.15) is 10.2 Å². The van der Waals surface area contributed by atoms with Gasteiger partial charge in [-0.05, 0) is 13.0 Å². The van der Waals surface area contributed by atoms with Crippen molar-refractivity contribution in [1.29, 1.82) is 0 Å². The van der Waals surface area contributed by atoms with Gasteiger partial charge in [-0.1, -0.05) is 0 Å². The third kappa shape index (κ3) is 2.30. The highest BCUT2D eigenvalue weighted by Crippen LogP contribution is 2.52. The zero-order valence-corrected chi connectivity index (χ0v) is 11.7. The van der Waals surface area contributed by atoms with Crippen LogP contribution < -0.4 is 4.90 Å². The van der Waals surface area contributed by atoms with Crippen LogP contribution in [0.25, 0.3) is 0 Å². The lowest BCUT2D eigenvalue weighted by Crippen LogP contribution is -2.32. The maximum absolute atomic E-state index is 13.2. The van der Waals surface area contributed by atoms with E-state index in [-0.39, 0.29) is 18.0 Å². The Bertz CT molecular complexity index is 678. The molecule has 8 heteroatoms. The van der Waals surface area contributed by atoms with E-state index in [4.69, 9.17) is 0 Å². The summed E-state index contributed by atoms with van der Waals surface area (Å²) >= 11 is 0. The molecule has 0 N–H and O–H groups in total. The van der Waals surface area contributed by atoms with Crippen molar-refractivity contribution in [2.75, 3.05) is 11.4 Å². The molecular weight excluding hydrogens is 280 g/mol. The van der Waals surface area contributed by atoms with Crippen molar-refractivity contribution < 1.29 is 13.6 Å². The quantitative estimate of drug-likeness (QED) is 0.865. The van der Waals surface area contributed by atoms with Gasteiger partial charge < -0.3 is 4.90 Å². The fraction of sp³-hybridized carbons (Fsp3) is 0.462. The number of aryl methyl sites for hydroxylation is 1. The lowest BCUT2D eigenvalue weighted by molar-refractivity contribution is 0.0926. The first-order valence-electron chi connectivity index (χ1n) is 6.66. The normalized spacial score (nSPS) is 19.5. The van der Waals surface area contributed by atoms with Gasteiger partial charge in [0.1, 0.15) is 11.7 Å². The Kier molecular flexibility index (Phi) is 3.03. The SMILES string of the molecule is CCN(C(=O)c1ccnn1C1CC1(F)F)c1cnn(C)c1. The average molecular weight is 295 g/mol. The van der Waals surface area contributed by atoms with Crippen LogP contribution in [0.4, 0.5) is 14.5 Å². The molecule has 1 aliphatic carbocycles. The molecule has 3 rings (SSSR count). The predicted molar refractivity (Wildman–Crippen MR) is 71.4 cm³/mol. The van der Waals surface area contributed by atoms with Crippen LogP contribution in [0.15, 0.2) is 24.7 Å². The van der Waals surface area contributed by atoms with Crippen LogP contribution in [-0.2, 0) is 7.05 Å². The number of rotatable bonds is 4. The largest absolute Gasteiger partial charge is 0.304 e. The third-order valence-electron chi connectivity index (χ3n) is 3.54. The summed E-state index contributed by atoms with van der Waals surface area (Å²) in [6.45, 7) is 2.23. The van der Waals surface area contributed by atoms with Crippen molar-refractivity contribution in [2.45, 2.75) is 25.3 Å². The molecule has 2 aromatic heterocycles. The molecule has 0 radical (unpaired) electrons. The molecule has 1 unspecified atom stereocenters.